The Morgan fingerprint density at radius 1 is 1.07 bits per heavy atom. The summed E-state index contributed by atoms with van der Waals surface area (Å²) in [5.74, 6) is 1.06. The third-order valence-corrected chi connectivity index (χ3v) is 8.11. The Balaban J connectivity index is 1.22. The molecule has 0 saturated carbocycles. The molecule has 0 aliphatic carbocycles. The number of amides is 1. The summed E-state index contributed by atoms with van der Waals surface area (Å²) in [6.07, 6.45) is 2.84. The van der Waals surface area contributed by atoms with Crippen molar-refractivity contribution in [2.45, 2.75) is 25.9 Å². The summed E-state index contributed by atoms with van der Waals surface area (Å²) in [6, 6.07) is 18.1. The molecule has 0 bridgehead atoms. The van der Waals surface area contributed by atoms with Crippen LogP contribution in [0.1, 0.15) is 34.3 Å². The summed E-state index contributed by atoms with van der Waals surface area (Å²) in [4.78, 5) is 18.4. The second-order valence-corrected chi connectivity index (χ2v) is 11.0. The van der Waals surface area contributed by atoms with Gasteiger partial charge in [-0.15, -0.1) is 0 Å². The van der Waals surface area contributed by atoms with Crippen LogP contribution in [0.2, 0.25) is 0 Å². The number of halogens is 1. The van der Waals surface area contributed by atoms with Gasteiger partial charge in [0.1, 0.15) is 18.2 Å². The number of fused-ring (bicyclic) bond motifs is 1. The van der Waals surface area contributed by atoms with Crippen molar-refractivity contribution in [3.05, 3.63) is 83.2 Å². The van der Waals surface area contributed by atoms with E-state index < -0.39 is 0 Å². The zero-order chi connectivity index (χ0) is 28.2. The Hall–Kier alpha value is -3.95. The van der Waals surface area contributed by atoms with Gasteiger partial charge < -0.3 is 24.6 Å². The van der Waals surface area contributed by atoms with Crippen LogP contribution in [-0.2, 0) is 17.8 Å². The third kappa shape index (κ3) is 6.52. The first kappa shape index (κ1) is 27.2. The highest BCUT2D eigenvalue weighted by molar-refractivity contribution is 6.09. The van der Waals surface area contributed by atoms with Gasteiger partial charge in [-0.2, -0.15) is 5.10 Å². The molecule has 9 heteroatoms. The van der Waals surface area contributed by atoms with E-state index in [9.17, 15) is 9.18 Å². The zero-order valence-electron chi connectivity index (χ0n) is 23.4. The van der Waals surface area contributed by atoms with Gasteiger partial charge in [0.25, 0.3) is 5.91 Å². The first-order chi connectivity index (χ1) is 20.0. The van der Waals surface area contributed by atoms with Crippen molar-refractivity contribution in [2.24, 2.45) is 5.92 Å². The molecule has 2 aliphatic heterocycles. The van der Waals surface area contributed by atoms with Crippen LogP contribution in [0.25, 0.3) is 10.9 Å². The summed E-state index contributed by atoms with van der Waals surface area (Å²) >= 11 is 0. The van der Waals surface area contributed by atoms with Crippen molar-refractivity contribution in [2.75, 3.05) is 56.7 Å². The number of anilines is 2. The molecule has 2 saturated heterocycles. The van der Waals surface area contributed by atoms with Crippen LogP contribution in [-0.4, -0.2) is 67.4 Å². The van der Waals surface area contributed by atoms with Gasteiger partial charge in [0, 0.05) is 56.0 Å². The van der Waals surface area contributed by atoms with E-state index in [4.69, 9.17) is 9.47 Å². The number of ether oxygens (including phenoxy) is 2. The number of aromatic amines is 1. The number of carbonyl (C=O) groups is 1. The second kappa shape index (κ2) is 12.3. The lowest BCUT2D eigenvalue weighted by atomic mass is 9.89. The molecular weight excluding hydrogens is 521 g/mol. The lowest BCUT2D eigenvalue weighted by Gasteiger charge is -2.34. The summed E-state index contributed by atoms with van der Waals surface area (Å²) in [7, 11) is 2.15. The van der Waals surface area contributed by atoms with E-state index >= 15 is 0 Å². The van der Waals surface area contributed by atoms with E-state index in [-0.39, 0.29) is 18.3 Å². The van der Waals surface area contributed by atoms with Crippen molar-refractivity contribution in [3.63, 3.8) is 0 Å². The summed E-state index contributed by atoms with van der Waals surface area (Å²) in [5, 5.41) is 11.2. The summed E-state index contributed by atoms with van der Waals surface area (Å²) in [6.45, 7) is 5.77. The fourth-order valence-corrected chi connectivity index (χ4v) is 5.64. The molecule has 8 nitrogen and oxygen atoms in total. The van der Waals surface area contributed by atoms with Gasteiger partial charge in [0.05, 0.1) is 5.52 Å². The van der Waals surface area contributed by atoms with E-state index in [1.807, 2.05) is 30.3 Å². The Morgan fingerprint density at radius 2 is 1.90 bits per heavy atom. The minimum absolute atomic E-state index is 0.184. The van der Waals surface area contributed by atoms with Gasteiger partial charge >= 0.3 is 0 Å². The van der Waals surface area contributed by atoms with Gasteiger partial charge in [0.15, 0.2) is 5.82 Å². The van der Waals surface area contributed by atoms with Crippen LogP contribution in [0.15, 0.2) is 60.7 Å². The number of aromatic nitrogens is 2. The van der Waals surface area contributed by atoms with Gasteiger partial charge in [0.2, 0.25) is 0 Å². The van der Waals surface area contributed by atoms with Crippen molar-refractivity contribution >= 4 is 28.3 Å². The standard InChI is InChI=1S/C32H36FN5O3/c1-37-11-13-38(14-12-37)26-5-7-28(24(19-26)17-22-9-15-40-16-10-22)32(39)34-31-29-20-27(6-8-30(29)35-36-31)41-21-23-3-2-4-25(33)18-23/h2-8,18-20,22H,9-17,21H2,1H3,(H2,34,35,36,39). The molecule has 41 heavy (non-hydrogen) atoms. The maximum Gasteiger partial charge on any atom is 0.257 e. The van der Waals surface area contributed by atoms with Crippen LogP contribution >= 0.6 is 0 Å². The number of hydrogen-bond donors (Lipinski definition) is 2. The smallest absolute Gasteiger partial charge is 0.257 e. The number of benzene rings is 3. The van der Waals surface area contributed by atoms with Crippen LogP contribution < -0.4 is 15.0 Å². The van der Waals surface area contributed by atoms with Crippen LogP contribution in [0.3, 0.4) is 0 Å². The average Bonchev–Trinajstić information content (AvgIpc) is 3.38. The normalized spacial score (nSPS) is 16.7. The van der Waals surface area contributed by atoms with Crippen LogP contribution in [0.4, 0.5) is 15.9 Å². The van der Waals surface area contributed by atoms with E-state index in [2.05, 4.69) is 44.5 Å². The largest absolute Gasteiger partial charge is 0.489 e. The predicted octanol–water partition coefficient (Wildman–Crippen LogP) is 5.25. The second-order valence-electron chi connectivity index (χ2n) is 11.0. The fourth-order valence-electron chi connectivity index (χ4n) is 5.64. The van der Waals surface area contributed by atoms with Crippen LogP contribution in [0, 0.1) is 11.7 Å². The molecular formula is C32H36FN5O3. The molecule has 0 unspecified atom stereocenters. The third-order valence-electron chi connectivity index (χ3n) is 8.11. The number of rotatable bonds is 8. The number of nitrogens with zero attached hydrogens (tertiary/aromatic N) is 3. The Labute approximate surface area is 239 Å². The maximum atomic E-state index is 13.7. The Kier molecular flexibility index (Phi) is 8.16. The summed E-state index contributed by atoms with van der Waals surface area (Å²) < 4.78 is 25.0. The minimum atomic E-state index is -0.297. The number of H-pyrrole nitrogens is 1. The Morgan fingerprint density at radius 3 is 2.71 bits per heavy atom. The SMILES string of the molecule is CN1CCN(c2ccc(C(=O)Nc3n[nH]c4ccc(OCc5cccc(F)c5)cc34)c(CC3CCOCC3)c2)CC1. The first-order valence-electron chi connectivity index (χ1n) is 14.3. The molecule has 3 heterocycles. The van der Waals surface area contributed by atoms with Crippen molar-refractivity contribution in [3.8, 4) is 5.75 Å². The van der Waals surface area contributed by atoms with Crippen LogP contribution in [0.5, 0.6) is 5.75 Å². The number of hydrogen-bond acceptors (Lipinski definition) is 6. The molecule has 214 valence electrons. The molecule has 1 amide bonds. The van der Waals surface area contributed by atoms with E-state index in [1.54, 1.807) is 6.07 Å². The minimum Gasteiger partial charge on any atom is -0.489 e. The molecule has 2 aliphatic rings. The first-order valence-corrected chi connectivity index (χ1v) is 14.3. The number of nitrogens with one attached hydrogen (secondary N) is 2. The van der Waals surface area contributed by atoms with Gasteiger partial charge in [-0.1, -0.05) is 12.1 Å². The Bertz CT molecular complexity index is 1510. The monoisotopic (exact) mass is 557 g/mol. The predicted molar refractivity (Wildman–Crippen MR) is 158 cm³/mol. The van der Waals surface area contributed by atoms with Crippen molar-refractivity contribution < 1.29 is 18.7 Å². The van der Waals surface area contributed by atoms with Gasteiger partial charge in [-0.3, -0.25) is 9.89 Å². The quantitative estimate of drug-likeness (QED) is 0.308. The lowest BCUT2D eigenvalue weighted by Crippen LogP contribution is -2.44. The lowest BCUT2D eigenvalue weighted by molar-refractivity contribution is 0.0664. The summed E-state index contributed by atoms with van der Waals surface area (Å²) in [5.41, 5.74) is 4.42. The van der Waals surface area contributed by atoms with Gasteiger partial charge in [-0.25, -0.2) is 4.39 Å². The topological polar surface area (TPSA) is 82.7 Å². The van der Waals surface area contributed by atoms with E-state index in [1.165, 1.54) is 17.8 Å². The number of likely N-dealkylation sites (N-methyl/N-ethyl adjacent to an activating group) is 1. The van der Waals surface area contributed by atoms with Gasteiger partial charge in [-0.05, 0) is 91.9 Å². The highest BCUT2D eigenvalue weighted by atomic mass is 19.1. The molecule has 2 N–H and O–H groups in total. The molecule has 2 fully saturated rings. The molecule has 3 aromatic carbocycles. The highest BCUT2D eigenvalue weighted by Gasteiger charge is 2.22. The molecule has 1 aromatic heterocycles. The van der Waals surface area contributed by atoms with Crippen molar-refractivity contribution in [1.82, 2.24) is 15.1 Å². The molecule has 0 radical (unpaired) electrons. The van der Waals surface area contributed by atoms with E-state index in [0.717, 1.165) is 80.7 Å². The number of carbonyl (C=O) groups excluding carboxylic acids is 1. The molecule has 6 rings (SSSR count). The fraction of sp³-hybridized carbons (Fsp3) is 0.375. The molecule has 4 aromatic rings. The molecule has 0 atom stereocenters. The molecule has 0 spiro atoms. The van der Waals surface area contributed by atoms with E-state index in [0.29, 0.717) is 23.0 Å². The maximum absolute atomic E-state index is 13.7. The highest BCUT2D eigenvalue weighted by Crippen LogP contribution is 2.29. The van der Waals surface area contributed by atoms with Crippen molar-refractivity contribution in [1.29, 1.82) is 0 Å². The zero-order valence-corrected chi connectivity index (χ0v) is 23.4. The number of piperazine rings is 1. The average molecular weight is 558 g/mol.